The first kappa shape index (κ1) is 14.9. The van der Waals surface area contributed by atoms with Gasteiger partial charge in [-0.3, -0.25) is 0 Å². The lowest BCUT2D eigenvalue weighted by molar-refractivity contribution is 0.130. The van der Waals surface area contributed by atoms with Gasteiger partial charge >= 0.3 is 0 Å². The number of ether oxygens (including phenoxy) is 1. The predicted octanol–water partition coefficient (Wildman–Crippen LogP) is 0.475. The monoisotopic (exact) mass is 264 g/mol. The van der Waals surface area contributed by atoms with Crippen molar-refractivity contribution in [3.05, 3.63) is 0 Å². The third-order valence-electron chi connectivity index (χ3n) is 2.86. The van der Waals surface area contributed by atoms with Gasteiger partial charge in [-0.05, 0) is 25.8 Å². The molecule has 6 heteroatoms. The fourth-order valence-corrected chi connectivity index (χ4v) is 3.18. The molecule has 5 nitrogen and oxygen atoms in total. The molecule has 0 aromatic carbocycles. The fraction of sp³-hybridized carbons (Fsp3) is 1.00. The molecule has 0 radical (unpaired) electrons. The van der Waals surface area contributed by atoms with Crippen LogP contribution in [0.25, 0.3) is 0 Å². The van der Waals surface area contributed by atoms with Gasteiger partial charge in [-0.2, -0.15) is 0 Å². The fourth-order valence-electron chi connectivity index (χ4n) is 1.75. The van der Waals surface area contributed by atoms with Gasteiger partial charge in [0.05, 0.1) is 5.25 Å². The van der Waals surface area contributed by atoms with E-state index in [0.717, 1.165) is 32.4 Å². The van der Waals surface area contributed by atoms with Crippen LogP contribution in [0.2, 0.25) is 0 Å². The highest BCUT2D eigenvalue weighted by Crippen LogP contribution is 2.07. The molecule has 1 aliphatic heterocycles. The topological polar surface area (TPSA) is 67.4 Å². The number of hydrogen-bond acceptors (Lipinski definition) is 4. The van der Waals surface area contributed by atoms with Crippen molar-refractivity contribution >= 4 is 10.0 Å². The van der Waals surface area contributed by atoms with E-state index < -0.39 is 10.0 Å². The molecule has 1 saturated heterocycles. The largest absolute Gasteiger partial charge is 0.381 e. The van der Waals surface area contributed by atoms with E-state index in [4.69, 9.17) is 4.74 Å². The van der Waals surface area contributed by atoms with Gasteiger partial charge in [-0.15, -0.1) is 0 Å². The second-order valence-electron chi connectivity index (χ2n) is 4.37. The van der Waals surface area contributed by atoms with E-state index in [1.807, 2.05) is 0 Å². The first-order chi connectivity index (χ1) is 8.17. The average molecular weight is 264 g/mol. The Balaban J connectivity index is 2.05. The van der Waals surface area contributed by atoms with Crippen molar-refractivity contribution in [3.63, 3.8) is 0 Å². The van der Waals surface area contributed by atoms with Crippen molar-refractivity contribution in [2.45, 2.75) is 37.9 Å². The summed E-state index contributed by atoms with van der Waals surface area (Å²) >= 11 is 0. The molecule has 1 unspecified atom stereocenters. The molecular weight excluding hydrogens is 240 g/mol. The first-order valence-electron chi connectivity index (χ1n) is 6.43. The standard InChI is InChI=1S/C11H24N2O3S/c1-2-3-8-16-9-4-6-13-17(14,15)11-5-7-12-10-11/h11-13H,2-10H2,1H3. The maximum absolute atomic E-state index is 11.8. The van der Waals surface area contributed by atoms with Crippen LogP contribution in [-0.4, -0.2) is 46.5 Å². The smallest absolute Gasteiger partial charge is 0.215 e. The number of unbranched alkanes of at least 4 members (excludes halogenated alkanes) is 1. The lowest BCUT2D eigenvalue weighted by atomic mass is 10.4. The normalized spacial score (nSPS) is 20.9. The van der Waals surface area contributed by atoms with Gasteiger partial charge in [0, 0.05) is 26.3 Å². The van der Waals surface area contributed by atoms with Crippen molar-refractivity contribution in [3.8, 4) is 0 Å². The molecule has 0 aromatic rings. The van der Waals surface area contributed by atoms with Crippen LogP contribution in [0.4, 0.5) is 0 Å². The molecule has 0 saturated carbocycles. The molecule has 17 heavy (non-hydrogen) atoms. The van der Waals surface area contributed by atoms with Crippen molar-refractivity contribution < 1.29 is 13.2 Å². The zero-order valence-electron chi connectivity index (χ0n) is 10.6. The molecule has 1 aliphatic rings. The highest BCUT2D eigenvalue weighted by atomic mass is 32.2. The molecule has 1 heterocycles. The highest BCUT2D eigenvalue weighted by molar-refractivity contribution is 7.90. The van der Waals surface area contributed by atoms with Crippen LogP contribution in [0.3, 0.4) is 0 Å². The summed E-state index contributed by atoms with van der Waals surface area (Å²) in [5.41, 5.74) is 0. The zero-order valence-corrected chi connectivity index (χ0v) is 11.4. The summed E-state index contributed by atoms with van der Waals surface area (Å²) in [4.78, 5) is 0. The van der Waals surface area contributed by atoms with Crippen LogP contribution >= 0.6 is 0 Å². The van der Waals surface area contributed by atoms with E-state index >= 15 is 0 Å². The van der Waals surface area contributed by atoms with E-state index in [-0.39, 0.29) is 5.25 Å². The van der Waals surface area contributed by atoms with Crippen molar-refractivity contribution in [2.75, 3.05) is 32.8 Å². The average Bonchev–Trinajstić information content (AvgIpc) is 2.82. The highest BCUT2D eigenvalue weighted by Gasteiger charge is 2.27. The maximum atomic E-state index is 11.8. The summed E-state index contributed by atoms with van der Waals surface area (Å²) < 4.78 is 31.6. The Bertz CT molecular complexity index is 287. The van der Waals surface area contributed by atoms with E-state index in [1.165, 1.54) is 0 Å². The Kier molecular flexibility index (Phi) is 7.03. The van der Waals surface area contributed by atoms with Crippen LogP contribution in [0.1, 0.15) is 32.6 Å². The molecule has 0 amide bonds. The van der Waals surface area contributed by atoms with Crippen LogP contribution in [-0.2, 0) is 14.8 Å². The lowest BCUT2D eigenvalue weighted by Gasteiger charge is -2.11. The minimum atomic E-state index is -3.13. The van der Waals surface area contributed by atoms with E-state index in [9.17, 15) is 8.42 Å². The Morgan fingerprint density at radius 1 is 1.35 bits per heavy atom. The Hall–Kier alpha value is -0.170. The van der Waals surface area contributed by atoms with Crippen LogP contribution in [0.15, 0.2) is 0 Å². The van der Waals surface area contributed by atoms with E-state index in [2.05, 4.69) is 17.0 Å². The molecule has 0 spiro atoms. The number of nitrogens with one attached hydrogen (secondary N) is 2. The van der Waals surface area contributed by atoms with Gasteiger partial charge < -0.3 is 10.1 Å². The molecule has 0 aromatic heterocycles. The second-order valence-corrected chi connectivity index (χ2v) is 6.42. The third kappa shape index (κ3) is 5.81. The quantitative estimate of drug-likeness (QED) is 0.594. The van der Waals surface area contributed by atoms with Gasteiger partial charge in [0.1, 0.15) is 0 Å². The molecule has 102 valence electrons. The number of hydrogen-bond donors (Lipinski definition) is 2. The van der Waals surface area contributed by atoms with Crippen molar-refractivity contribution in [1.82, 2.24) is 10.0 Å². The van der Waals surface area contributed by atoms with E-state index in [1.54, 1.807) is 0 Å². The molecule has 0 bridgehead atoms. The van der Waals surface area contributed by atoms with Crippen LogP contribution < -0.4 is 10.0 Å². The minimum absolute atomic E-state index is 0.261. The summed E-state index contributed by atoms with van der Waals surface area (Å²) in [5, 5.41) is 2.80. The Morgan fingerprint density at radius 3 is 2.76 bits per heavy atom. The number of sulfonamides is 1. The van der Waals surface area contributed by atoms with Gasteiger partial charge in [-0.25, -0.2) is 13.1 Å². The van der Waals surface area contributed by atoms with Crippen LogP contribution in [0.5, 0.6) is 0 Å². The van der Waals surface area contributed by atoms with E-state index in [0.29, 0.717) is 26.1 Å². The van der Waals surface area contributed by atoms with Gasteiger partial charge in [0.15, 0.2) is 0 Å². The number of rotatable bonds is 9. The Morgan fingerprint density at radius 2 is 2.12 bits per heavy atom. The summed E-state index contributed by atoms with van der Waals surface area (Å²) in [6.45, 7) is 5.37. The van der Waals surface area contributed by atoms with Crippen LogP contribution in [0, 0.1) is 0 Å². The molecule has 1 fully saturated rings. The summed E-state index contributed by atoms with van der Waals surface area (Å²) in [6.07, 6.45) is 3.65. The van der Waals surface area contributed by atoms with Gasteiger partial charge in [0.2, 0.25) is 10.0 Å². The van der Waals surface area contributed by atoms with Crippen molar-refractivity contribution in [1.29, 1.82) is 0 Å². The SMILES string of the molecule is CCCCOCCCNS(=O)(=O)C1CCNC1. The second kappa shape index (κ2) is 8.02. The first-order valence-corrected chi connectivity index (χ1v) is 7.98. The molecule has 1 rings (SSSR count). The maximum Gasteiger partial charge on any atom is 0.215 e. The zero-order chi connectivity index (χ0) is 12.6. The predicted molar refractivity (Wildman–Crippen MR) is 68.5 cm³/mol. The molecular formula is C11H24N2O3S. The summed E-state index contributed by atoms with van der Waals surface area (Å²) in [5.74, 6) is 0. The van der Waals surface area contributed by atoms with Gasteiger partial charge in [0.25, 0.3) is 0 Å². The van der Waals surface area contributed by atoms with Crippen molar-refractivity contribution in [2.24, 2.45) is 0 Å². The molecule has 0 aliphatic carbocycles. The molecule has 2 N–H and O–H groups in total. The summed E-state index contributed by atoms with van der Waals surface area (Å²) in [7, 11) is -3.13. The summed E-state index contributed by atoms with van der Waals surface area (Å²) in [6, 6.07) is 0. The lowest BCUT2D eigenvalue weighted by Crippen LogP contribution is -2.36. The van der Waals surface area contributed by atoms with Gasteiger partial charge in [-0.1, -0.05) is 13.3 Å². The Labute approximate surface area is 104 Å². The molecule has 1 atom stereocenters. The minimum Gasteiger partial charge on any atom is -0.381 e. The third-order valence-corrected chi connectivity index (χ3v) is 4.75.